The molecule has 0 aromatic carbocycles. The SMILES string of the molecule is CNc1cc(C(=O)N[C@@H]2CCN(CC(=O)N(C)C)C[C@H]2O)ccn1. The molecule has 1 saturated heterocycles. The van der Waals surface area contributed by atoms with Crippen LogP contribution >= 0.6 is 0 Å². The Kier molecular flexibility index (Phi) is 6.10. The molecule has 1 aromatic heterocycles. The third kappa shape index (κ3) is 4.65. The summed E-state index contributed by atoms with van der Waals surface area (Å²) in [7, 11) is 5.15. The summed E-state index contributed by atoms with van der Waals surface area (Å²) in [4.78, 5) is 31.6. The standard InChI is InChI=1S/C16H25N5O3/c1-17-14-8-11(4-6-18-14)16(24)19-12-5-7-21(9-13(12)22)10-15(23)20(2)3/h4,6,8,12-13,22H,5,7,9-10H2,1-3H3,(H,17,18)(H,19,24)/t12-,13-/m1/s1. The zero-order valence-electron chi connectivity index (χ0n) is 14.3. The maximum absolute atomic E-state index is 12.3. The maximum atomic E-state index is 12.3. The van der Waals surface area contributed by atoms with Crippen LogP contribution in [0.2, 0.25) is 0 Å². The number of hydrogen-bond acceptors (Lipinski definition) is 6. The van der Waals surface area contributed by atoms with E-state index >= 15 is 0 Å². The summed E-state index contributed by atoms with van der Waals surface area (Å²) in [6.45, 7) is 1.29. The number of rotatable bonds is 5. The van der Waals surface area contributed by atoms with Crippen LogP contribution in [0.3, 0.4) is 0 Å². The second-order valence-electron chi connectivity index (χ2n) is 6.14. The Morgan fingerprint density at radius 2 is 2.21 bits per heavy atom. The van der Waals surface area contributed by atoms with E-state index in [-0.39, 0.29) is 24.4 Å². The third-order valence-corrected chi connectivity index (χ3v) is 4.12. The van der Waals surface area contributed by atoms with E-state index in [1.807, 2.05) is 4.90 Å². The molecule has 0 unspecified atom stereocenters. The normalized spacial score (nSPS) is 21.2. The molecule has 1 aliphatic heterocycles. The molecule has 0 radical (unpaired) electrons. The molecule has 2 rings (SSSR count). The number of nitrogens with zero attached hydrogens (tertiary/aromatic N) is 3. The largest absolute Gasteiger partial charge is 0.390 e. The van der Waals surface area contributed by atoms with Crippen LogP contribution in [0.4, 0.5) is 5.82 Å². The Hall–Kier alpha value is -2.19. The number of hydrogen-bond donors (Lipinski definition) is 3. The Morgan fingerprint density at radius 1 is 1.46 bits per heavy atom. The van der Waals surface area contributed by atoms with Gasteiger partial charge < -0.3 is 20.6 Å². The average molecular weight is 335 g/mol. The number of pyridine rings is 1. The monoisotopic (exact) mass is 335 g/mol. The number of aliphatic hydroxyl groups is 1. The van der Waals surface area contributed by atoms with Crippen molar-refractivity contribution in [3.05, 3.63) is 23.9 Å². The highest BCUT2D eigenvalue weighted by atomic mass is 16.3. The number of β-amino-alcohol motifs (C(OH)–C–C–N with tert-alkyl or cyclic N) is 1. The summed E-state index contributed by atoms with van der Waals surface area (Å²) in [6.07, 6.45) is 1.45. The Balaban J connectivity index is 1.90. The molecule has 3 N–H and O–H groups in total. The molecule has 8 heteroatoms. The predicted octanol–water partition coefficient (Wildman–Crippen LogP) is -0.623. The minimum Gasteiger partial charge on any atom is -0.390 e. The molecule has 2 atom stereocenters. The third-order valence-electron chi connectivity index (χ3n) is 4.12. The predicted molar refractivity (Wildman–Crippen MR) is 90.8 cm³/mol. The van der Waals surface area contributed by atoms with Crippen molar-refractivity contribution in [3.63, 3.8) is 0 Å². The molecular weight excluding hydrogens is 310 g/mol. The van der Waals surface area contributed by atoms with Crippen molar-refractivity contribution in [1.29, 1.82) is 0 Å². The van der Waals surface area contributed by atoms with Crippen LogP contribution in [0.5, 0.6) is 0 Å². The van der Waals surface area contributed by atoms with Crippen LogP contribution in [0, 0.1) is 0 Å². The molecular formula is C16H25N5O3. The summed E-state index contributed by atoms with van der Waals surface area (Å²) in [5, 5.41) is 16.0. The van der Waals surface area contributed by atoms with Gasteiger partial charge in [-0.2, -0.15) is 0 Å². The van der Waals surface area contributed by atoms with Crippen LogP contribution in [0.1, 0.15) is 16.8 Å². The molecule has 1 aliphatic rings. The molecule has 1 fully saturated rings. The Bertz CT molecular complexity index is 593. The van der Waals surface area contributed by atoms with Gasteiger partial charge in [-0.1, -0.05) is 0 Å². The summed E-state index contributed by atoms with van der Waals surface area (Å²) in [6, 6.07) is 2.97. The van der Waals surface area contributed by atoms with Crippen LogP contribution in [-0.4, -0.2) is 84.6 Å². The molecule has 0 saturated carbocycles. The van der Waals surface area contributed by atoms with Crippen LogP contribution in [0.15, 0.2) is 18.3 Å². The highest BCUT2D eigenvalue weighted by molar-refractivity contribution is 5.95. The molecule has 24 heavy (non-hydrogen) atoms. The minimum absolute atomic E-state index is 0.000987. The zero-order chi connectivity index (χ0) is 17.7. The van der Waals surface area contributed by atoms with Gasteiger partial charge in [0.25, 0.3) is 5.91 Å². The first-order chi connectivity index (χ1) is 11.4. The van der Waals surface area contributed by atoms with E-state index in [0.29, 0.717) is 30.9 Å². The molecule has 2 heterocycles. The van der Waals surface area contributed by atoms with Crippen molar-refractivity contribution in [2.24, 2.45) is 0 Å². The van der Waals surface area contributed by atoms with Crippen molar-refractivity contribution in [2.75, 3.05) is 46.1 Å². The highest BCUT2D eigenvalue weighted by Crippen LogP contribution is 2.13. The number of carbonyl (C=O) groups is 2. The number of likely N-dealkylation sites (N-methyl/N-ethyl adjacent to an activating group) is 1. The Morgan fingerprint density at radius 3 is 2.83 bits per heavy atom. The quantitative estimate of drug-likeness (QED) is 0.663. The lowest BCUT2D eigenvalue weighted by atomic mass is 10.0. The molecule has 0 aliphatic carbocycles. The number of anilines is 1. The lowest BCUT2D eigenvalue weighted by Crippen LogP contribution is -2.55. The second kappa shape index (κ2) is 8.07. The first-order valence-corrected chi connectivity index (χ1v) is 7.96. The van der Waals surface area contributed by atoms with Gasteiger partial charge in [-0.3, -0.25) is 14.5 Å². The summed E-state index contributed by atoms with van der Waals surface area (Å²) in [5.74, 6) is 0.372. The number of aromatic nitrogens is 1. The molecule has 8 nitrogen and oxygen atoms in total. The number of nitrogens with one attached hydrogen (secondary N) is 2. The van der Waals surface area contributed by atoms with Gasteiger partial charge in [0, 0.05) is 46.0 Å². The smallest absolute Gasteiger partial charge is 0.251 e. The zero-order valence-corrected chi connectivity index (χ0v) is 14.3. The first kappa shape index (κ1) is 18.2. The van der Waals surface area contributed by atoms with Gasteiger partial charge in [0.1, 0.15) is 5.82 Å². The van der Waals surface area contributed by atoms with E-state index in [2.05, 4.69) is 15.6 Å². The van der Waals surface area contributed by atoms with Crippen LogP contribution in [-0.2, 0) is 4.79 Å². The molecule has 132 valence electrons. The fraction of sp³-hybridized carbons (Fsp3) is 0.562. The maximum Gasteiger partial charge on any atom is 0.251 e. The lowest BCUT2D eigenvalue weighted by Gasteiger charge is -2.36. The molecule has 1 aromatic rings. The molecule has 2 amide bonds. The van der Waals surface area contributed by atoms with E-state index in [9.17, 15) is 14.7 Å². The van der Waals surface area contributed by atoms with Gasteiger partial charge >= 0.3 is 0 Å². The van der Waals surface area contributed by atoms with Gasteiger partial charge in [-0.25, -0.2) is 4.98 Å². The van der Waals surface area contributed by atoms with Crippen molar-refractivity contribution >= 4 is 17.6 Å². The van der Waals surface area contributed by atoms with Crippen LogP contribution in [0.25, 0.3) is 0 Å². The number of piperidine rings is 1. The van der Waals surface area contributed by atoms with E-state index in [0.717, 1.165) is 0 Å². The second-order valence-corrected chi connectivity index (χ2v) is 6.14. The topological polar surface area (TPSA) is 97.8 Å². The first-order valence-electron chi connectivity index (χ1n) is 7.96. The fourth-order valence-electron chi connectivity index (χ4n) is 2.60. The summed E-state index contributed by atoms with van der Waals surface area (Å²) < 4.78 is 0. The lowest BCUT2D eigenvalue weighted by molar-refractivity contribution is -0.130. The number of aliphatic hydroxyl groups excluding tert-OH is 1. The number of amides is 2. The van der Waals surface area contributed by atoms with Crippen molar-refractivity contribution in [3.8, 4) is 0 Å². The van der Waals surface area contributed by atoms with Gasteiger partial charge in [0.05, 0.1) is 18.7 Å². The van der Waals surface area contributed by atoms with Crippen molar-refractivity contribution < 1.29 is 14.7 Å². The van der Waals surface area contributed by atoms with Gasteiger partial charge in [-0.15, -0.1) is 0 Å². The summed E-state index contributed by atoms with van der Waals surface area (Å²) in [5.41, 5.74) is 0.492. The van der Waals surface area contributed by atoms with Crippen LogP contribution < -0.4 is 10.6 Å². The van der Waals surface area contributed by atoms with Gasteiger partial charge in [-0.05, 0) is 18.6 Å². The molecule has 0 bridgehead atoms. The number of likely N-dealkylation sites (tertiary alicyclic amines) is 1. The fourth-order valence-corrected chi connectivity index (χ4v) is 2.60. The highest BCUT2D eigenvalue weighted by Gasteiger charge is 2.30. The van der Waals surface area contributed by atoms with E-state index in [4.69, 9.17) is 0 Å². The van der Waals surface area contributed by atoms with Gasteiger partial charge in [0.15, 0.2) is 0 Å². The van der Waals surface area contributed by atoms with Gasteiger partial charge in [0.2, 0.25) is 5.91 Å². The van der Waals surface area contributed by atoms with Crippen molar-refractivity contribution in [2.45, 2.75) is 18.6 Å². The van der Waals surface area contributed by atoms with E-state index < -0.39 is 6.10 Å². The Labute approximate surface area is 141 Å². The average Bonchev–Trinajstić information content (AvgIpc) is 2.57. The van der Waals surface area contributed by atoms with E-state index in [1.54, 1.807) is 39.5 Å². The summed E-state index contributed by atoms with van der Waals surface area (Å²) >= 11 is 0. The van der Waals surface area contributed by atoms with Crippen molar-refractivity contribution in [1.82, 2.24) is 20.1 Å². The molecule has 0 spiro atoms. The minimum atomic E-state index is -0.705. The number of carbonyl (C=O) groups excluding carboxylic acids is 2. The van der Waals surface area contributed by atoms with E-state index in [1.165, 1.54) is 4.90 Å².